The summed E-state index contributed by atoms with van der Waals surface area (Å²) >= 11 is 1.45. The second kappa shape index (κ2) is 7.33. The zero-order valence-corrected chi connectivity index (χ0v) is 17.7. The van der Waals surface area contributed by atoms with Gasteiger partial charge in [0.15, 0.2) is 0 Å². The maximum absolute atomic E-state index is 13.4. The van der Waals surface area contributed by atoms with Crippen LogP contribution < -0.4 is 10.2 Å². The van der Waals surface area contributed by atoms with Crippen molar-refractivity contribution in [3.05, 3.63) is 86.7 Å². The highest BCUT2D eigenvalue weighted by atomic mass is 32.1. The van der Waals surface area contributed by atoms with Gasteiger partial charge in [0.1, 0.15) is 5.70 Å². The van der Waals surface area contributed by atoms with Gasteiger partial charge in [0.25, 0.3) is 11.8 Å². The van der Waals surface area contributed by atoms with Gasteiger partial charge in [-0.25, -0.2) is 4.90 Å². The molecule has 0 bridgehead atoms. The van der Waals surface area contributed by atoms with Gasteiger partial charge in [0, 0.05) is 10.6 Å². The molecule has 2 heterocycles. The Morgan fingerprint density at radius 1 is 0.828 bits per heavy atom. The first kappa shape index (κ1) is 19.2. The fourth-order valence-corrected chi connectivity index (χ4v) is 4.38. The zero-order chi connectivity index (χ0) is 20.7. The molecule has 0 unspecified atom stereocenters. The number of nitrogens with one attached hydrogen (secondary N) is 1. The molecule has 146 valence electrons. The number of carbonyl (C=O) groups is 2. The summed E-state index contributed by atoms with van der Waals surface area (Å²) < 4.78 is 0. The Labute approximate surface area is 174 Å². The van der Waals surface area contributed by atoms with E-state index in [2.05, 4.69) is 5.32 Å². The van der Waals surface area contributed by atoms with E-state index in [1.54, 1.807) is 0 Å². The minimum Gasteiger partial charge on any atom is -0.350 e. The highest BCUT2D eigenvalue weighted by molar-refractivity contribution is 7.11. The standard InChI is InChI=1S/C24H22N2O2S/c1-14-7-8-17(4)19(13-14)25-22-21(20-6-5-9-29-20)23(27)26(24(22)28)18-11-15(2)10-16(3)12-18/h5-13,25H,1-4H3. The third-order valence-electron chi connectivity index (χ3n) is 4.97. The summed E-state index contributed by atoms with van der Waals surface area (Å²) in [5, 5.41) is 5.18. The molecule has 5 heteroatoms. The fraction of sp³-hybridized carbons (Fsp3) is 0.167. The van der Waals surface area contributed by atoms with E-state index in [1.165, 1.54) is 16.2 Å². The first-order valence-corrected chi connectivity index (χ1v) is 10.3. The molecule has 2 amide bonds. The van der Waals surface area contributed by atoms with Crippen molar-refractivity contribution in [3.8, 4) is 0 Å². The summed E-state index contributed by atoms with van der Waals surface area (Å²) in [4.78, 5) is 28.9. The molecule has 0 saturated heterocycles. The molecule has 4 nitrogen and oxygen atoms in total. The molecule has 3 aromatic rings. The largest absolute Gasteiger partial charge is 0.350 e. The predicted molar refractivity (Wildman–Crippen MR) is 119 cm³/mol. The third kappa shape index (κ3) is 3.49. The number of carbonyl (C=O) groups excluding carboxylic acids is 2. The van der Waals surface area contributed by atoms with E-state index in [4.69, 9.17) is 0 Å². The van der Waals surface area contributed by atoms with E-state index in [1.807, 2.05) is 81.6 Å². The molecule has 1 N–H and O–H groups in total. The van der Waals surface area contributed by atoms with Crippen molar-refractivity contribution in [3.63, 3.8) is 0 Å². The van der Waals surface area contributed by atoms with Crippen LogP contribution in [0.3, 0.4) is 0 Å². The number of aryl methyl sites for hydroxylation is 4. The molecule has 0 atom stereocenters. The minimum atomic E-state index is -0.329. The smallest absolute Gasteiger partial charge is 0.282 e. The summed E-state index contributed by atoms with van der Waals surface area (Å²) in [6.45, 7) is 7.91. The maximum Gasteiger partial charge on any atom is 0.282 e. The number of benzene rings is 2. The van der Waals surface area contributed by atoms with E-state index in [0.717, 1.165) is 32.8 Å². The second-order valence-corrected chi connectivity index (χ2v) is 8.41. The van der Waals surface area contributed by atoms with Crippen LogP contribution >= 0.6 is 11.3 Å². The van der Waals surface area contributed by atoms with Crippen molar-refractivity contribution >= 4 is 40.1 Å². The topological polar surface area (TPSA) is 49.4 Å². The van der Waals surface area contributed by atoms with Crippen molar-refractivity contribution in [2.24, 2.45) is 0 Å². The highest BCUT2D eigenvalue weighted by Gasteiger charge is 2.41. The molecule has 1 aromatic heterocycles. The molecule has 29 heavy (non-hydrogen) atoms. The molecule has 0 fully saturated rings. The lowest BCUT2D eigenvalue weighted by molar-refractivity contribution is -0.120. The maximum atomic E-state index is 13.4. The van der Waals surface area contributed by atoms with Gasteiger partial charge in [-0.3, -0.25) is 9.59 Å². The van der Waals surface area contributed by atoms with Crippen molar-refractivity contribution < 1.29 is 9.59 Å². The molecule has 4 rings (SSSR count). The van der Waals surface area contributed by atoms with E-state index < -0.39 is 0 Å². The van der Waals surface area contributed by atoms with Gasteiger partial charge in [-0.05, 0) is 79.6 Å². The Morgan fingerprint density at radius 2 is 1.55 bits per heavy atom. The van der Waals surface area contributed by atoms with Crippen molar-refractivity contribution in [1.29, 1.82) is 0 Å². The molecule has 0 aliphatic carbocycles. The summed E-state index contributed by atoms with van der Waals surface area (Å²) in [5.74, 6) is -0.625. The molecule has 1 aliphatic heterocycles. The Bertz CT molecular complexity index is 1140. The number of nitrogens with zero attached hydrogens (tertiary/aromatic N) is 1. The number of hydrogen-bond donors (Lipinski definition) is 1. The monoisotopic (exact) mass is 402 g/mol. The predicted octanol–water partition coefficient (Wildman–Crippen LogP) is 5.38. The van der Waals surface area contributed by atoms with Gasteiger partial charge in [-0.1, -0.05) is 24.3 Å². The van der Waals surface area contributed by atoms with Gasteiger partial charge in [0.05, 0.1) is 11.3 Å². The van der Waals surface area contributed by atoms with Crippen LogP contribution in [0.4, 0.5) is 11.4 Å². The van der Waals surface area contributed by atoms with Crippen LogP contribution in [0.25, 0.3) is 5.57 Å². The van der Waals surface area contributed by atoms with E-state index in [0.29, 0.717) is 17.0 Å². The van der Waals surface area contributed by atoms with Crippen LogP contribution in [0.1, 0.15) is 27.1 Å². The van der Waals surface area contributed by atoms with Gasteiger partial charge in [-0.2, -0.15) is 0 Å². The van der Waals surface area contributed by atoms with Crippen molar-refractivity contribution in [2.75, 3.05) is 10.2 Å². The second-order valence-electron chi connectivity index (χ2n) is 7.46. The van der Waals surface area contributed by atoms with Gasteiger partial charge in [0.2, 0.25) is 0 Å². The number of thiophene rings is 1. The molecule has 0 spiro atoms. The van der Waals surface area contributed by atoms with E-state index in [-0.39, 0.29) is 11.8 Å². The molecule has 0 radical (unpaired) electrons. The molecule has 0 saturated carbocycles. The molecular weight excluding hydrogens is 380 g/mol. The summed E-state index contributed by atoms with van der Waals surface area (Å²) in [7, 11) is 0. The molecular formula is C24H22N2O2S. The summed E-state index contributed by atoms with van der Waals surface area (Å²) in [6.07, 6.45) is 0. The highest BCUT2D eigenvalue weighted by Crippen LogP contribution is 2.36. The summed E-state index contributed by atoms with van der Waals surface area (Å²) in [6, 6.07) is 15.6. The van der Waals surface area contributed by atoms with Gasteiger partial charge >= 0.3 is 0 Å². The van der Waals surface area contributed by atoms with E-state index >= 15 is 0 Å². The van der Waals surface area contributed by atoms with Crippen LogP contribution in [0.5, 0.6) is 0 Å². The average Bonchev–Trinajstić information content (AvgIpc) is 3.24. The third-order valence-corrected chi connectivity index (χ3v) is 5.86. The number of hydrogen-bond acceptors (Lipinski definition) is 4. The zero-order valence-electron chi connectivity index (χ0n) is 16.9. The van der Waals surface area contributed by atoms with Crippen LogP contribution in [0.2, 0.25) is 0 Å². The Morgan fingerprint density at radius 3 is 2.21 bits per heavy atom. The number of rotatable bonds is 4. The first-order chi connectivity index (χ1) is 13.8. The lowest BCUT2D eigenvalue weighted by atomic mass is 10.1. The quantitative estimate of drug-likeness (QED) is 0.596. The minimum absolute atomic E-state index is 0.296. The lowest BCUT2D eigenvalue weighted by Gasteiger charge is -2.17. The Kier molecular flexibility index (Phi) is 4.84. The van der Waals surface area contributed by atoms with E-state index in [9.17, 15) is 9.59 Å². The number of imide groups is 1. The normalized spacial score (nSPS) is 14.1. The fourth-order valence-electron chi connectivity index (χ4n) is 3.61. The Hall–Kier alpha value is -3.18. The van der Waals surface area contributed by atoms with Crippen LogP contribution in [0.15, 0.2) is 59.6 Å². The number of anilines is 2. The SMILES string of the molecule is Cc1cc(C)cc(N2C(=O)C(Nc3cc(C)ccc3C)=C(c3cccs3)C2=O)c1. The van der Waals surface area contributed by atoms with Crippen LogP contribution in [-0.2, 0) is 9.59 Å². The number of amides is 2. The van der Waals surface area contributed by atoms with Crippen molar-refractivity contribution in [2.45, 2.75) is 27.7 Å². The average molecular weight is 403 g/mol. The molecule has 1 aliphatic rings. The lowest BCUT2D eigenvalue weighted by Crippen LogP contribution is -2.32. The van der Waals surface area contributed by atoms with Gasteiger partial charge < -0.3 is 5.32 Å². The first-order valence-electron chi connectivity index (χ1n) is 9.44. The molecule has 2 aromatic carbocycles. The van der Waals surface area contributed by atoms with Gasteiger partial charge in [-0.15, -0.1) is 11.3 Å². The van der Waals surface area contributed by atoms with Crippen LogP contribution in [0, 0.1) is 27.7 Å². The van der Waals surface area contributed by atoms with Crippen LogP contribution in [-0.4, -0.2) is 11.8 Å². The summed E-state index contributed by atoms with van der Waals surface area (Å²) in [5.41, 5.74) is 6.29. The van der Waals surface area contributed by atoms with Crippen molar-refractivity contribution in [1.82, 2.24) is 0 Å². The Balaban J connectivity index is 1.84.